The molecule has 146 valence electrons. The molecule has 1 amide bonds. The van der Waals surface area contributed by atoms with Gasteiger partial charge in [-0.1, -0.05) is 5.16 Å². The van der Waals surface area contributed by atoms with E-state index in [0.29, 0.717) is 24.5 Å². The molecule has 8 heteroatoms. The number of aromatic nitrogens is 4. The molecule has 0 aliphatic carbocycles. The number of rotatable bonds is 6. The van der Waals surface area contributed by atoms with Crippen LogP contribution in [-0.2, 0) is 6.54 Å². The number of nitrogens with zero attached hydrogens (tertiary/aromatic N) is 4. The maximum atomic E-state index is 13.2. The number of benzene rings is 1. The summed E-state index contributed by atoms with van der Waals surface area (Å²) >= 11 is 0. The number of halogens is 1. The Bertz CT molecular complexity index is 1120. The minimum atomic E-state index is -0.334. The van der Waals surface area contributed by atoms with Gasteiger partial charge in [-0.05, 0) is 49.4 Å². The molecule has 0 saturated heterocycles. The van der Waals surface area contributed by atoms with Crippen molar-refractivity contribution >= 4 is 5.91 Å². The fourth-order valence-electron chi connectivity index (χ4n) is 2.93. The Morgan fingerprint density at radius 1 is 1.17 bits per heavy atom. The van der Waals surface area contributed by atoms with Crippen LogP contribution in [-0.4, -0.2) is 32.4 Å². The molecule has 0 aliphatic heterocycles. The van der Waals surface area contributed by atoms with Crippen LogP contribution in [0.3, 0.4) is 0 Å². The third-order valence-electron chi connectivity index (χ3n) is 4.34. The quantitative estimate of drug-likeness (QED) is 0.544. The Kier molecular flexibility index (Phi) is 5.15. The third kappa shape index (κ3) is 4.21. The van der Waals surface area contributed by atoms with Crippen LogP contribution in [0.4, 0.5) is 4.39 Å². The fourth-order valence-corrected chi connectivity index (χ4v) is 2.93. The zero-order chi connectivity index (χ0) is 20.2. The lowest BCUT2D eigenvalue weighted by atomic mass is 10.1. The highest BCUT2D eigenvalue weighted by Crippen LogP contribution is 2.26. The molecule has 4 aromatic rings. The molecule has 3 heterocycles. The first kappa shape index (κ1) is 18.5. The lowest BCUT2D eigenvalue weighted by Crippen LogP contribution is -2.27. The minimum Gasteiger partial charge on any atom is -0.351 e. The van der Waals surface area contributed by atoms with E-state index in [1.807, 2.05) is 18.2 Å². The van der Waals surface area contributed by atoms with E-state index in [2.05, 4.69) is 20.6 Å². The van der Waals surface area contributed by atoms with Gasteiger partial charge in [0.25, 0.3) is 5.91 Å². The average molecular weight is 391 g/mol. The van der Waals surface area contributed by atoms with Gasteiger partial charge in [0.1, 0.15) is 5.82 Å². The van der Waals surface area contributed by atoms with Crippen molar-refractivity contribution in [1.82, 2.24) is 25.2 Å². The molecule has 0 unspecified atom stereocenters. The number of pyridine rings is 1. The second kappa shape index (κ2) is 8.05. The first-order valence-corrected chi connectivity index (χ1v) is 9.06. The van der Waals surface area contributed by atoms with Gasteiger partial charge in [0.15, 0.2) is 0 Å². The number of hydrogen-bond donors (Lipinski definition) is 1. The largest absolute Gasteiger partial charge is 0.351 e. The van der Waals surface area contributed by atoms with E-state index in [1.54, 1.807) is 42.2 Å². The molecule has 0 saturated carbocycles. The molecule has 1 N–H and O–H groups in total. The normalized spacial score (nSPS) is 10.8. The van der Waals surface area contributed by atoms with Crippen molar-refractivity contribution in [3.8, 4) is 22.5 Å². The Morgan fingerprint density at radius 2 is 2.00 bits per heavy atom. The lowest BCUT2D eigenvalue weighted by molar-refractivity contribution is 0.0915. The molecule has 0 radical (unpaired) electrons. The Balaban J connectivity index is 1.56. The maximum absolute atomic E-state index is 13.2. The highest BCUT2D eigenvalue weighted by Gasteiger charge is 2.14. The Hall–Kier alpha value is -3.81. The summed E-state index contributed by atoms with van der Waals surface area (Å²) in [5, 5.41) is 11.2. The molecule has 29 heavy (non-hydrogen) atoms. The summed E-state index contributed by atoms with van der Waals surface area (Å²) in [7, 11) is 0. The van der Waals surface area contributed by atoms with E-state index >= 15 is 0 Å². The van der Waals surface area contributed by atoms with Gasteiger partial charge in [-0.25, -0.2) is 4.39 Å². The number of carbonyl (C=O) groups is 1. The fraction of sp³-hybridized carbons (Fsp3) is 0.143. The molecule has 0 aliphatic rings. The summed E-state index contributed by atoms with van der Waals surface area (Å²) in [4.78, 5) is 16.3. The summed E-state index contributed by atoms with van der Waals surface area (Å²) in [6.07, 6.45) is 3.45. The van der Waals surface area contributed by atoms with Crippen LogP contribution in [0.2, 0.25) is 0 Å². The molecule has 3 aromatic heterocycles. The minimum absolute atomic E-state index is 0.169. The molecule has 0 fully saturated rings. The zero-order valence-electron chi connectivity index (χ0n) is 15.7. The van der Waals surface area contributed by atoms with E-state index in [9.17, 15) is 9.18 Å². The molecule has 4 rings (SSSR count). The van der Waals surface area contributed by atoms with Gasteiger partial charge in [0.2, 0.25) is 5.76 Å². The Morgan fingerprint density at radius 3 is 2.69 bits per heavy atom. The summed E-state index contributed by atoms with van der Waals surface area (Å²) < 4.78 is 20.0. The summed E-state index contributed by atoms with van der Waals surface area (Å²) in [5.74, 6) is -0.465. The van der Waals surface area contributed by atoms with E-state index in [4.69, 9.17) is 4.52 Å². The van der Waals surface area contributed by atoms with Crippen LogP contribution in [0.15, 0.2) is 65.4 Å². The van der Waals surface area contributed by atoms with E-state index in [1.165, 1.54) is 12.1 Å². The van der Waals surface area contributed by atoms with Crippen LogP contribution in [0.5, 0.6) is 0 Å². The predicted octanol–water partition coefficient (Wildman–Crippen LogP) is 3.48. The van der Waals surface area contributed by atoms with Gasteiger partial charge < -0.3 is 9.84 Å². The first-order valence-electron chi connectivity index (χ1n) is 9.06. The SMILES string of the molecule is Cc1cc(C(=O)NCCn2nc(-c3ccc(F)cc3)cc2-c2cccnc2)on1. The van der Waals surface area contributed by atoms with Gasteiger partial charge in [-0.15, -0.1) is 0 Å². The molecule has 0 atom stereocenters. The van der Waals surface area contributed by atoms with Crippen LogP contribution >= 0.6 is 0 Å². The number of amides is 1. The van der Waals surface area contributed by atoms with Crippen molar-refractivity contribution in [1.29, 1.82) is 0 Å². The second-order valence-electron chi connectivity index (χ2n) is 6.47. The van der Waals surface area contributed by atoms with Crippen LogP contribution in [0.1, 0.15) is 16.2 Å². The second-order valence-corrected chi connectivity index (χ2v) is 6.47. The van der Waals surface area contributed by atoms with Gasteiger partial charge in [0.05, 0.1) is 23.6 Å². The van der Waals surface area contributed by atoms with E-state index < -0.39 is 0 Å². The number of hydrogen-bond acceptors (Lipinski definition) is 5. The highest BCUT2D eigenvalue weighted by molar-refractivity contribution is 5.91. The molecule has 0 spiro atoms. The zero-order valence-corrected chi connectivity index (χ0v) is 15.7. The topological polar surface area (TPSA) is 85.8 Å². The third-order valence-corrected chi connectivity index (χ3v) is 4.34. The van der Waals surface area contributed by atoms with Crippen molar-refractivity contribution in [2.75, 3.05) is 6.54 Å². The summed E-state index contributed by atoms with van der Waals surface area (Å²) in [6.45, 7) is 2.53. The highest BCUT2D eigenvalue weighted by atomic mass is 19.1. The number of carbonyl (C=O) groups excluding carboxylic acids is 1. The molecule has 1 aromatic carbocycles. The van der Waals surface area contributed by atoms with Crippen LogP contribution in [0.25, 0.3) is 22.5 Å². The number of nitrogens with one attached hydrogen (secondary N) is 1. The van der Waals surface area contributed by atoms with Gasteiger partial charge >= 0.3 is 0 Å². The molecular formula is C21H18FN5O2. The monoisotopic (exact) mass is 391 g/mol. The predicted molar refractivity (Wildman–Crippen MR) is 104 cm³/mol. The van der Waals surface area contributed by atoms with Crippen LogP contribution < -0.4 is 5.32 Å². The first-order chi connectivity index (χ1) is 14.1. The van der Waals surface area contributed by atoms with Crippen molar-refractivity contribution in [2.24, 2.45) is 0 Å². The van der Waals surface area contributed by atoms with Crippen molar-refractivity contribution < 1.29 is 13.7 Å². The maximum Gasteiger partial charge on any atom is 0.289 e. The Labute approximate surface area is 166 Å². The summed E-state index contributed by atoms with van der Waals surface area (Å²) in [6, 6.07) is 13.5. The standard InChI is InChI=1S/C21H18FN5O2/c1-14-11-20(29-26-14)21(28)24-9-10-27-19(16-3-2-8-23-13-16)12-18(25-27)15-4-6-17(22)7-5-15/h2-8,11-13H,9-10H2,1H3,(H,24,28). The van der Waals surface area contributed by atoms with Crippen molar-refractivity contribution in [3.05, 3.63) is 78.2 Å². The van der Waals surface area contributed by atoms with Crippen LogP contribution in [0, 0.1) is 12.7 Å². The molecular weight excluding hydrogens is 373 g/mol. The molecule has 7 nitrogen and oxygen atoms in total. The van der Waals surface area contributed by atoms with E-state index in [-0.39, 0.29) is 17.5 Å². The van der Waals surface area contributed by atoms with Crippen molar-refractivity contribution in [2.45, 2.75) is 13.5 Å². The van der Waals surface area contributed by atoms with Gasteiger partial charge in [0, 0.05) is 36.1 Å². The summed E-state index contributed by atoms with van der Waals surface area (Å²) in [5.41, 5.74) is 3.90. The van der Waals surface area contributed by atoms with Gasteiger partial charge in [-0.3, -0.25) is 14.5 Å². The lowest BCUT2D eigenvalue weighted by Gasteiger charge is -2.08. The molecule has 0 bridgehead atoms. The number of aryl methyl sites for hydroxylation is 1. The van der Waals surface area contributed by atoms with Crippen molar-refractivity contribution in [3.63, 3.8) is 0 Å². The average Bonchev–Trinajstić information content (AvgIpc) is 3.36. The smallest absolute Gasteiger partial charge is 0.289 e. The van der Waals surface area contributed by atoms with E-state index in [0.717, 1.165) is 16.8 Å². The van der Waals surface area contributed by atoms with Gasteiger partial charge in [-0.2, -0.15) is 5.10 Å².